The summed E-state index contributed by atoms with van der Waals surface area (Å²) in [6.07, 6.45) is 4.95. The number of nitrogens with one attached hydrogen (secondary N) is 1. The Morgan fingerprint density at radius 1 is 1.24 bits per heavy atom. The van der Waals surface area contributed by atoms with Gasteiger partial charge in [0.2, 0.25) is 5.91 Å². The molecule has 7 heteroatoms. The van der Waals surface area contributed by atoms with Gasteiger partial charge in [0, 0.05) is 43.9 Å². The number of likely N-dealkylation sites (tertiary alicyclic amines) is 1. The molecule has 152 valence electrons. The summed E-state index contributed by atoms with van der Waals surface area (Å²) in [5, 5.41) is 3.16. The van der Waals surface area contributed by atoms with Crippen molar-refractivity contribution in [1.82, 2.24) is 15.2 Å². The highest BCUT2D eigenvalue weighted by molar-refractivity contribution is 6.33. The summed E-state index contributed by atoms with van der Waals surface area (Å²) >= 11 is 6.02. The SMILES string of the molecule is O=C(NCCc1ccccn1)C1CC12CCN(C(=O)c1ccc(F)cc1Cl)CC2. The first-order chi connectivity index (χ1) is 14.0. The molecule has 2 heterocycles. The number of rotatable bonds is 5. The van der Waals surface area contributed by atoms with Crippen LogP contribution in [0.25, 0.3) is 0 Å². The zero-order chi connectivity index (χ0) is 20.4. The fourth-order valence-corrected chi connectivity index (χ4v) is 4.49. The quantitative estimate of drug-likeness (QED) is 0.813. The molecule has 0 bridgehead atoms. The third-order valence-corrected chi connectivity index (χ3v) is 6.43. The van der Waals surface area contributed by atoms with E-state index in [4.69, 9.17) is 11.6 Å². The first-order valence-electron chi connectivity index (χ1n) is 9.90. The molecular formula is C22H23ClFN3O2. The lowest BCUT2D eigenvalue weighted by atomic mass is 9.90. The van der Waals surface area contributed by atoms with Crippen molar-refractivity contribution in [1.29, 1.82) is 0 Å². The van der Waals surface area contributed by atoms with Crippen molar-refractivity contribution >= 4 is 23.4 Å². The highest BCUT2D eigenvalue weighted by Crippen LogP contribution is 2.59. The van der Waals surface area contributed by atoms with Gasteiger partial charge in [-0.25, -0.2) is 4.39 Å². The number of aromatic nitrogens is 1. The van der Waals surface area contributed by atoms with Crippen LogP contribution in [-0.2, 0) is 11.2 Å². The lowest BCUT2D eigenvalue weighted by Gasteiger charge is -2.33. The molecule has 29 heavy (non-hydrogen) atoms. The molecule has 1 spiro atoms. The van der Waals surface area contributed by atoms with Crippen LogP contribution in [0.4, 0.5) is 4.39 Å². The van der Waals surface area contributed by atoms with E-state index < -0.39 is 5.82 Å². The van der Waals surface area contributed by atoms with E-state index in [-0.39, 0.29) is 28.2 Å². The standard InChI is InChI=1S/C22H23ClFN3O2/c23-19-13-15(24)4-5-17(19)21(29)27-11-7-22(8-12-27)14-18(22)20(28)26-10-6-16-3-1-2-9-25-16/h1-5,9,13,18H,6-8,10-12,14H2,(H,26,28). The maximum atomic E-state index is 13.2. The van der Waals surface area contributed by atoms with Crippen molar-refractivity contribution in [2.24, 2.45) is 11.3 Å². The molecule has 2 aromatic rings. The molecule has 1 saturated heterocycles. The van der Waals surface area contributed by atoms with Gasteiger partial charge >= 0.3 is 0 Å². The molecule has 2 aliphatic rings. The monoisotopic (exact) mass is 415 g/mol. The van der Waals surface area contributed by atoms with Gasteiger partial charge < -0.3 is 10.2 Å². The second kappa shape index (κ2) is 8.11. The number of pyridine rings is 1. The van der Waals surface area contributed by atoms with E-state index in [1.54, 1.807) is 11.1 Å². The van der Waals surface area contributed by atoms with Crippen molar-refractivity contribution in [2.45, 2.75) is 25.7 Å². The fraction of sp³-hybridized carbons (Fsp3) is 0.409. The van der Waals surface area contributed by atoms with Crippen LogP contribution in [0.15, 0.2) is 42.6 Å². The molecule has 4 rings (SSSR count). The van der Waals surface area contributed by atoms with Crippen LogP contribution >= 0.6 is 11.6 Å². The van der Waals surface area contributed by atoms with Crippen molar-refractivity contribution in [3.05, 3.63) is 64.7 Å². The van der Waals surface area contributed by atoms with Crippen LogP contribution < -0.4 is 5.32 Å². The summed E-state index contributed by atoms with van der Waals surface area (Å²) < 4.78 is 13.2. The molecule has 5 nitrogen and oxygen atoms in total. The third kappa shape index (κ3) is 4.27. The van der Waals surface area contributed by atoms with Crippen LogP contribution in [-0.4, -0.2) is 41.3 Å². The molecule has 1 N–H and O–H groups in total. The highest BCUT2D eigenvalue weighted by Gasteiger charge is 2.58. The Bertz CT molecular complexity index is 914. The molecule has 0 radical (unpaired) electrons. The number of piperidine rings is 1. The lowest BCUT2D eigenvalue weighted by Crippen LogP contribution is -2.40. The van der Waals surface area contributed by atoms with Crippen molar-refractivity contribution < 1.29 is 14.0 Å². The number of nitrogens with zero attached hydrogens (tertiary/aromatic N) is 2. The molecule has 2 amide bonds. The van der Waals surface area contributed by atoms with E-state index in [2.05, 4.69) is 10.3 Å². The van der Waals surface area contributed by atoms with Crippen LogP contribution in [0.2, 0.25) is 5.02 Å². The Balaban J connectivity index is 1.26. The number of carbonyl (C=O) groups is 2. The molecule has 1 unspecified atom stereocenters. The zero-order valence-corrected chi connectivity index (χ0v) is 16.8. The summed E-state index contributed by atoms with van der Waals surface area (Å²) in [5.41, 5.74) is 1.30. The number of hydrogen-bond donors (Lipinski definition) is 1. The van der Waals surface area contributed by atoms with Gasteiger partial charge in [-0.1, -0.05) is 17.7 Å². The molecule has 1 aromatic heterocycles. The Hall–Kier alpha value is -2.47. The summed E-state index contributed by atoms with van der Waals surface area (Å²) in [5.74, 6) is -0.513. The summed E-state index contributed by atoms with van der Waals surface area (Å²) in [6.45, 7) is 1.75. The molecule has 1 saturated carbocycles. The summed E-state index contributed by atoms with van der Waals surface area (Å²) in [6, 6.07) is 9.60. The Kier molecular flexibility index (Phi) is 5.54. The first kappa shape index (κ1) is 19.8. The summed E-state index contributed by atoms with van der Waals surface area (Å²) in [7, 11) is 0. The third-order valence-electron chi connectivity index (χ3n) is 6.12. The zero-order valence-electron chi connectivity index (χ0n) is 16.0. The minimum Gasteiger partial charge on any atom is -0.355 e. The largest absolute Gasteiger partial charge is 0.355 e. The Morgan fingerprint density at radius 2 is 2.03 bits per heavy atom. The predicted octanol–water partition coefficient (Wildman–Crippen LogP) is 3.48. The van der Waals surface area contributed by atoms with Crippen LogP contribution in [0.1, 0.15) is 35.3 Å². The van der Waals surface area contributed by atoms with E-state index in [0.29, 0.717) is 31.6 Å². The number of halogens is 2. The lowest BCUT2D eigenvalue weighted by molar-refractivity contribution is -0.123. The summed E-state index contributed by atoms with van der Waals surface area (Å²) in [4.78, 5) is 31.2. The Morgan fingerprint density at radius 3 is 2.72 bits per heavy atom. The number of hydrogen-bond acceptors (Lipinski definition) is 3. The van der Waals surface area contributed by atoms with E-state index >= 15 is 0 Å². The van der Waals surface area contributed by atoms with Gasteiger partial charge in [0.1, 0.15) is 5.82 Å². The van der Waals surface area contributed by atoms with Gasteiger partial charge in [-0.2, -0.15) is 0 Å². The molecule has 1 aromatic carbocycles. The van der Waals surface area contributed by atoms with Gasteiger partial charge in [-0.15, -0.1) is 0 Å². The van der Waals surface area contributed by atoms with Gasteiger partial charge in [-0.3, -0.25) is 14.6 Å². The average molecular weight is 416 g/mol. The normalized spacial score (nSPS) is 19.8. The molecule has 2 fully saturated rings. The van der Waals surface area contributed by atoms with E-state index in [0.717, 1.165) is 31.0 Å². The van der Waals surface area contributed by atoms with Crippen molar-refractivity contribution in [2.75, 3.05) is 19.6 Å². The van der Waals surface area contributed by atoms with E-state index in [1.807, 2.05) is 18.2 Å². The minimum absolute atomic E-state index is 0.0124. The number of amides is 2. The van der Waals surface area contributed by atoms with Crippen LogP contribution in [0.5, 0.6) is 0 Å². The van der Waals surface area contributed by atoms with Gasteiger partial charge in [0.15, 0.2) is 0 Å². The number of carbonyl (C=O) groups excluding carboxylic acids is 2. The minimum atomic E-state index is -0.459. The topological polar surface area (TPSA) is 62.3 Å². The highest BCUT2D eigenvalue weighted by atomic mass is 35.5. The first-order valence-corrected chi connectivity index (χ1v) is 10.3. The molecular weight excluding hydrogens is 393 g/mol. The van der Waals surface area contributed by atoms with Gasteiger partial charge in [-0.05, 0) is 55.0 Å². The fourth-order valence-electron chi connectivity index (χ4n) is 4.24. The van der Waals surface area contributed by atoms with Crippen molar-refractivity contribution in [3.8, 4) is 0 Å². The van der Waals surface area contributed by atoms with E-state index in [9.17, 15) is 14.0 Å². The maximum Gasteiger partial charge on any atom is 0.255 e. The smallest absolute Gasteiger partial charge is 0.255 e. The average Bonchev–Trinajstić information content (AvgIpc) is 3.42. The van der Waals surface area contributed by atoms with E-state index in [1.165, 1.54) is 12.1 Å². The van der Waals surface area contributed by atoms with Crippen LogP contribution in [0, 0.1) is 17.2 Å². The molecule has 1 aliphatic carbocycles. The van der Waals surface area contributed by atoms with Gasteiger partial charge in [0.05, 0.1) is 10.6 Å². The second-order valence-corrected chi connectivity index (χ2v) is 8.30. The predicted molar refractivity (Wildman–Crippen MR) is 108 cm³/mol. The van der Waals surface area contributed by atoms with Crippen LogP contribution in [0.3, 0.4) is 0 Å². The number of benzene rings is 1. The molecule has 1 aliphatic heterocycles. The van der Waals surface area contributed by atoms with Gasteiger partial charge in [0.25, 0.3) is 5.91 Å². The molecule has 1 atom stereocenters. The Labute approximate surface area is 174 Å². The van der Waals surface area contributed by atoms with Crippen molar-refractivity contribution in [3.63, 3.8) is 0 Å². The maximum absolute atomic E-state index is 13.2. The second-order valence-electron chi connectivity index (χ2n) is 7.90.